The first kappa shape index (κ1) is 32.9. The van der Waals surface area contributed by atoms with Crippen molar-refractivity contribution >= 4 is 56.7 Å². The second-order valence-electron chi connectivity index (χ2n) is 1.69. The standard InChI is InChI=1S/Al.3FHO3S.H3O4P/c;4*1-5(2,3)4/h;3*(H,2,3,4);(H3,1,2,3,4)/q+3;;;;/p-3. The molecule has 0 aliphatic heterocycles. The van der Waals surface area contributed by atoms with E-state index in [1.165, 1.54) is 0 Å². The van der Waals surface area contributed by atoms with Crippen LogP contribution in [0.1, 0.15) is 0 Å². The van der Waals surface area contributed by atoms with Crippen molar-refractivity contribution in [2.45, 2.75) is 0 Å². The van der Waals surface area contributed by atoms with Crippen LogP contribution in [0.4, 0.5) is 11.7 Å². The van der Waals surface area contributed by atoms with Crippen LogP contribution in [-0.2, 0) is 36.1 Å². The summed E-state index contributed by atoms with van der Waals surface area (Å²) in [5, 5.41) is 0. The largest absolute Gasteiger partial charge is 3.00 e. The van der Waals surface area contributed by atoms with E-state index < -0.39 is 39.3 Å². The number of halogens is 3. The predicted molar refractivity (Wildman–Crippen MR) is 52.4 cm³/mol. The van der Waals surface area contributed by atoms with E-state index in [9.17, 15) is 11.7 Å². The maximum atomic E-state index is 10.1. The van der Waals surface area contributed by atoms with Crippen LogP contribution >= 0.6 is 7.82 Å². The zero-order chi connectivity index (χ0) is 18.0. The molecule has 3 N–H and O–H groups in total. The molecule has 0 amide bonds. The van der Waals surface area contributed by atoms with Gasteiger partial charge in [-0.2, -0.15) is 0 Å². The average Bonchev–Trinajstić information content (AvgIpc) is 1.62. The van der Waals surface area contributed by atoms with Crippen LogP contribution in [0, 0.1) is 0 Å². The molecule has 0 saturated heterocycles. The van der Waals surface area contributed by atoms with E-state index in [4.69, 9.17) is 58.2 Å². The molecule has 0 aliphatic carbocycles. The monoisotopic (exact) mass is 422 g/mol. The van der Waals surface area contributed by atoms with E-state index in [2.05, 4.69) is 0 Å². The Bertz CT molecular complexity index is 477. The molecule has 0 atom stereocenters. The third kappa shape index (κ3) is 252000. The first-order valence-corrected chi connectivity index (χ1v) is 8.24. The molecular formula is H3AlF3O13PS3. The van der Waals surface area contributed by atoms with Gasteiger partial charge in [-0.3, -0.25) is 0 Å². The van der Waals surface area contributed by atoms with Gasteiger partial charge in [-0.05, 0) is 0 Å². The predicted octanol–water partition coefficient (Wildman–Crippen LogP) is -3.06. The third-order valence-corrected chi connectivity index (χ3v) is 0. The molecule has 0 fully saturated rings. The second kappa shape index (κ2) is 12.7. The summed E-state index contributed by atoms with van der Waals surface area (Å²) in [5.41, 5.74) is 0. The van der Waals surface area contributed by atoms with Crippen LogP contribution in [0.5, 0.6) is 0 Å². The van der Waals surface area contributed by atoms with Crippen molar-refractivity contribution in [3.05, 3.63) is 0 Å². The molecule has 0 aromatic heterocycles. The summed E-state index contributed by atoms with van der Waals surface area (Å²) in [6.45, 7) is 0. The molecule has 128 valence electrons. The first-order valence-electron chi connectivity index (χ1n) is 2.75. The molecule has 0 heterocycles. The fourth-order valence-electron chi connectivity index (χ4n) is 0. The Morgan fingerprint density at radius 1 is 0.667 bits per heavy atom. The summed E-state index contributed by atoms with van der Waals surface area (Å²) in [6.07, 6.45) is 0. The van der Waals surface area contributed by atoms with Gasteiger partial charge in [-0.25, -0.2) is 29.8 Å². The zero-order valence-electron chi connectivity index (χ0n) is 8.81. The number of rotatable bonds is 0. The summed E-state index contributed by atoms with van der Waals surface area (Å²) >= 11 is 0. The van der Waals surface area contributed by atoms with Gasteiger partial charge in [0, 0.05) is 0 Å². The minimum Gasteiger partial charge on any atom is -0.722 e. The van der Waals surface area contributed by atoms with Crippen LogP contribution in [-0.4, -0.2) is 71.0 Å². The SMILES string of the molecule is O=P(O)(O)O.O=S(=O)([O-])F.O=S(=O)([O-])F.O=S(=O)([O-])F.[Al+3]. The van der Waals surface area contributed by atoms with Crippen LogP contribution in [0.2, 0.25) is 0 Å². The van der Waals surface area contributed by atoms with Crippen molar-refractivity contribution in [3.8, 4) is 0 Å². The van der Waals surface area contributed by atoms with Gasteiger partial charge in [0.15, 0.2) is 0 Å². The summed E-state index contributed by atoms with van der Waals surface area (Å²) < 4.78 is 115. The van der Waals surface area contributed by atoms with Gasteiger partial charge >= 0.3 is 25.2 Å². The van der Waals surface area contributed by atoms with Crippen LogP contribution in [0.15, 0.2) is 0 Å². The van der Waals surface area contributed by atoms with E-state index in [0.717, 1.165) is 0 Å². The fourth-order valence-corrected chi connectivity index (χ4v) is 0. The molecule has 0 aromatic rings. The topological polar surface area (TPSA) is 249 Å². The van der Waals surface area contributed by atoms with E-state index >= 15 is 0 Å². The van der Waals surface area contributed by atoms with Crippen LogP contribution in [0.3, 0.4) is 0 Å². The molecule has 21 heavy (non-hydrogen) atoms. The summed E-state index contributed by atoms with van der Waals surface area (Å²) in [7, 11) is -20.9. The Morgan fingerprint density at radius 2 is 0.667 bits per heavy atom. The Labute approximate surface area is 126 Å². The van der Waals surface area contributed by atoms with E-state index in [1.54, 1.807) is 0 Å². The van der Waals surface area contributed by atoms with E-state index in [1.807, 2.05) is 0 Å². The normalized spacial score (nSPS) is 11.1. The molecular weight excluding hydrogens is 419 g/mol. The summed E-state index contributed by atoms with van der Waals surface area (Å²) in [5.74, 6) is 0. The molecule has 0 bridgehead atoms. The maximum Gasteiger partial charge on any atom is 3.00 e. The molecule has 0 radical (unpaired) electrons. The molecule has 0 rings (SSSR count). The number of hydrogen-bond acceptors (Lipinski definition) is 10. The quantitative estimate of drug-likeness (QED) is 0.152. The van der Waals surface area contributed by atoms with Crippen LogP contribution in [0.25, 0.3) is 0 Å². The van der Waals surface area contributed by atoms with Gasteiger partial charge in [0.05, 0.1) is 0 Å². The molecule has 13 nitrogen and oxygen atoms in total. The maximum absolute atomic E-state index is 10.1. The van der Waals surface area contributed by atoms with E-state index in [-0.39, 0.29) is 17.4 Å². The van der Waals surface area contributed by atoms with Crippen molar-refractivity contribution in [2.24, 2.45) is 0 Å². The number of hydrogen-bond donors (Lipinski definition) is 3. The molecule has 0 aromatic carbocycles. The Hall–Kier alpha value is 0.162. The molecule has 0 unspecified atom stereocenters. The summed E-state index contributed by atoms with van der Waals surface area (Å²) in [6, 6.07) is 0. The van der Waals surface area contributed by atoms with Gasteiger partial charge < -0.3 is 28.3 Å². The zero-order valence-corrected chi connectivity index (χ0v) is 13.3. The van der Waals surface area contributed by atoms with Gasteiger partial charge in [-0.15, -0.1) is 11.7 Å². The molecule has 0 aliphatic rings. The first-order chi connectivity index (χ1) is 8.00. The molecule has 0 saturated carbocycles. The molecule has 0 spiro atoms. The Balaban J connectivity index is -0.0000000533. The van der Waals surface area contributed by atoms with Crippen molar-refractivity contribution in [2.75, 3.05) is 0 Å². The minimum absolute atomic E-state index is 0. The average molecular weight is 422 g/mol. The third-order valence-electron chi connectivity index (χ3n) is 0. The molecule has 21 heteroatoms. The number of phosphoric acid groups is 1. The fraction of sp³-hybridized carbons (Fsp3) is 0. The van der Waals surface area contributed by atoms with Crippen molar-refractivity contribution in [1.82, 2.24) is 0 Å². The Kier molecular flexibility index (Phi) is 19.9. The second-order valence-corrected chi connectivity index (χ2v) is 5.08. The summed E-state index contributed by atoms with van der Waals surface area (Å²) in [4.78, 5) is 21.6. The van der Waals surface area contributed by atoms with Gasteiger partial charge in [0.2, 0.25) is 0 Å². The minimum atomic E-state index is -5.42. The van der Waals surface area contributed by atoms with Gasteiger partial charge in [-0.1, -0.05) is 0 Å². The van der Waals surface area contributed by atoms with Gasteiger partial charge in [0.1, 0.15) is 0 Å². The van der Waals surface area contributed by atoms with E-state index in [0.29, 0.717) is 0 Å². The van der Waals surface area contributed by atoms with Crippen molar-refractivity contribution in [1.29, 1.82) is 0 Å². The smallest absolute Gasteiger partial charge is 0.722 e. The van der Waals surface area contributed by atoms with Gasteiger partial charge in [0.25, 0.3) is 31.5 Å². The Morgan fingerprint density at radius 3 is 0.667 bits per heavy atom. The van der Waals surface area contributed by atoms with Crippen LogP contribution < -0.4 is 0 Å². The van der Waals surface area contributed by atoms with Crippen molar-refractivity contribution in [3.63, 3.8) is 0 Å². The van der Waals surface area contributed by atoms with Crippen molar-refractivity contribution < 1.29 is 69.8 Å².